The number of carbonyl (C=O) groups is 3. The molecule has 1 aromatic rings. The number of hydrogen-bond donors (Lipinski definition) is 2. The summed E-state index contributed by atoms with van der Waals surface area (Å²) in [6.07, 6.45) is 13.2. The summed E-state index contributed by atoms with van der Waals surface area (Å²) in [5.41, 5.74) is 2.72. The molecule has 0 unspecified atom stereocenters. The van der Waals surface area contributed by atoms with Crippen LogP contribution in [0.3, 0.4) is 0 Å². The molecule has 1 aliphatic carbocycles. The summed E-state index contributed by atoms with van der Waals surface area (Å²) in [5.74, 6) is 0.960. The van der Waals surface area contributed by atoms with Gasteiger partial charge in [0, 0.05) is 63.1 Å². The van der Waals surface area contributed by atoms with E-state index in [4.69, 9.17) is 4.74 Å². The predicted octanol–water partition coefficient (Wildman–Crippen LogP) is 2.83. The van der Waals surface area contributed by atoms with Crippen molar-refractivity contribution in [2.45, 2.75) is 32.1 Å². The highest BCUT2D eigenvalue weighted by atomic mass is 16.5. The molecule has 8 nitrogen and oxygen atoms in total. The van der Waals surface area contributed by atoms with Crippen molar-refractivity contribution in [2.75, 3.05) is 39.3 Å². The van der Waals surface area contributed by atoms with E-state index in [1.54, 1.807) is 18.4 Å². The van der Waals surface area contributed by atoms with E-state index < -0.39 is 0 Å². The summed E-state index contributed by atoms with van der Waals surface area (Å²) >= 11 is 0. The molecular formula is C28H34N4O4. The molecule has 1 saturated heterocycles. The molecule has 8 heteroatoms. The average molecular weight is 491 g/mol. The Labute approximate surface area is 212 Å². The van der Waals surface area contributed by atoms with Crippen molar-refractivity contribution >= 4 is 17.6 Å². The first-order valence-corrected chi connectivity index (χ1v) is 12.5. The standard InChI is InChI=1S/C28H34N4O4/c1-21(33)29-11-12-30-28(35)26-8-3-2-7-25(26)22-9-13-31(14-10-22)15-16-32-17-18-36-27(20-32)23-5-4-6-24(34)19-23/h2-8,17-18,20,22H,9-16,19H2,1H3,(H,29,33)(H,30,35). The highest BCUT2D eigenvalue weighted by molar-refractivity contribution is 5.96. The SMILES string of the molecule is CC(=O)NCCNC(=O)c1ccccc1C1CCN(CCN2C=COC(C3=CC=CC(=O)C3)=C2)CC1. The van der Waals surface area contributed by atoms with Crippen molar-refractivity contribution in [1.82, 2.24) is 20.4 Å². The number of amides is 2. The number of nitrogens with one attached hydrogen (secondary N) is 2. The van der Waals surface area contributed by atoms with Gasteiger partial charge in [0.2, 0.25) is 5.91 Å². The van der Waals surface area contributed by atoms with E-state index in [9.17, 15) is 14.4 Å². The minimum Gasteiger partial charge on any atom is -0.462 e. The Morgan fingerprint density at radius 3 is 2.64 bits per heavy atom. The smallest absolute Gasteiger partial charge is 0.251 e. The van der Waals surface area contributed by atoms with Crippen LogP contribution < -0.4 is 10.6 Å². The van der Waals surface area contributed by atoms with Crippen LogP contribution in [0.15, 0.2) is 72.5 Å². The summed E-state index contributed by atoms with van der Waals surface area (Å²) in [5, 5.41) is 5.61. The molecule has 0 bridgehead atoms. The first-order chi connectivity index (χ1) is 17.5. The second-order valence-electron chi connectivity index (χ2n) is 9.27. The molecular weight excluding hydrogens is 456 g/mol. The van der Waals surface area contributed by atoms with Gasteiger partial charge in [-0.25, -0.2) is 0 Å². The molecule has 0 spiro atoms. The molecule has 0 aromatic heterocycles. The Morgan fingerprint density at radius 1 is 1.08 bits per heavy atom. The molecule has 3 aliphatic rings. The number of piperidine rings is 1. The second-order valence-corrected chi connectivity index (χ2v) is 9.27. The second kappa shape index (κ2) is 12.4. The monoisotopic (exact) mass is 490 g/mol. The lowest BCUT2D eigenvalue weighted by molar-refractivity contribution is -0.119. The molecule has 0 saturated carbocycles. The fraction of sp³-hybridized carbons (Fsp3) is 0.393. The molecule has 0 radical (unpaired) electrons. The first kappa shape index (κ1) is 25.4. The van der Waals surface area contributed by atoms with Gasteiger partial charge in [-0.3, -0.25) is 14.4 Å². The zero-order valence-corrected chi connectivity index (χ0v) is 20.7. The van der Waals surface area contributed by atoms with E-state index in [0.717, 1.165) is 61.5 Å². The van der Waals surface area contributed by atoms with E-state index in [1.807, 2.05) is 36.7 Å². The van der Waals surface area contributed by atoms with Crippen LogP contribution in [0.5, 0.6) is 0 Å². The van der Waals surface area contributed by atoms with Gasteiger partial charge in [0.1, 0.15) is 12.0 Å². The lowest BCUT2D eigenvalue weighted by Gasteiger charge is -2.34. The number of carbonyl (C=O) groups excluding carboxylic acids is 3. The van der Waals surface area contributed by atoms with Gasteiger partial charge in [-0.15, -0.1) is 0 Å². The lowest BCUT2D eigenvalue weighted by Crippen LogP contribution is -2.38. The number of ether oxygens (including phenoxy) is 1. The van der Waals surface area contributed by atoms with Crippen LogP contribution in [-0.2, 0) is 14.3 Å². The van der Waals surface area contributed by atoms with Crippen LogP contribution >= 0.6 is 0 Å². The highest BCUT2D eigenvalue weighted by Gasteiger charge is 2.24. The topological polar surface area (TPSA) is 91.0 Å². The number of ketones is 1. The van der Waals surface area contributed by atoms with Gasteiger partial charge in [-0.05, 0) is 49.6 Å². The van der Waals surface area contributed by atoms with Gasteiger partial charge in [-0.1, -0.05) is 30.4 Å². The van der Waals surface area contributed by atoms with E-state index >= 15 is 0 Å². The summed E-state index contributed by atoms with van der Waals surface area (Å²) in [6.45, 7) is 5.98. The summed E-state index contributed by atoms with van der Waals surface area (Å²) in [6, 6.07) is 7.84. The largest absolute Gasteiger partial charge is 0.462 e. The zero-order chi connectivity index (χ0) is 25.3. The van der Waals surface area contributed by atoms with Crippen molar-refractivity contribution in [3.8, 4) is 0 Å². The van der Waals surface area contributed by atoms with E-state index in [2.05, 4.69) is 26.5 Å². The summed E-state index contributed by atoms with van der Waals surface area (Å²) < 4.78 is 5.64. The summed E-state index contributed by atoms with van der Waals surface area (Å²) in [4.78, 5) is 40.1. The molecule has 1 fully saturated rings. The maximum absolute atomic E-state index is 12.8. The van der Waals surface area contributed by atoms with Crippen LogP contribution in [0, 0.1) is 0 Å². The Balaban J connectivity index is 1.26. The maximum atomic E-state index is 12.8. The van der Waals surface area contributed by atoms with Crippen LogP contribution in [0.2, 0.25) is 0 Å². The van der Waals surface area contributed by atoms with E-state index in [1.165, 1.54) is 6.92 Å². The minimum atomic E-state index is -0.104. The molecule has 36 heavy (non-hydrogen) atoms. The fourth-order valence-corrected chi connectivity index (χ4v) is 4.74. The lowest BCUT2D eigenvalue weighted by atomic mass is 9.86. The third-order valence-electron chi connectivity index (χ3n) is 6.68. The van der Waals surface area contributed by atoms with Gasteiger partial charge in [0.05, 0.1) is 0 Å². The van der Waals surface area contributed by atoms with Gasteiger partial charge >= 0.3 is 0 Å². The number of rotatable bonds is 9. The third-order valence-corrected chi connectivity index (χ3v) is 6.68. The van der Waals surface area contributed by atoms with Gasteiger partial charge in [0.25, 0.3) is 5.91 Å². The highest BCUT2D eigenvalue weighted by Crippen LogP contribution is 2.30. The normalized spacial score (nSPS) is 18.4. The maximum Gasteiger partial charge on any atom is 0.251 e. The average Bonchev–Trinajstić information content (AvgIpc) is 2.90. The van der Waals surface area contributed by atoms with Crippen molar-refractivity contribution in [1.29, 1.82) is 0 Å². The van der Waals surface area contributed by atoms with E-state index in [-0.39, 0.29) is 17.6 Å². The van der Waals surface area contributed by atoms with Crippen LogP contribution in [0.25, 0.3) is 0 Å². The molecule has 190 valence electrons. The Hall–Kier alpha value is -3.65. The zero-order valence-electron chi connectivity index (χ0n) is 20.7. The van der Waals surface area contributed by atoms with Crippen LogP contribution in [-0.4, -0.2) is 66.7 Å². The Bertz CT molecular complexity index is 1100. The fourth-order valence-electron chi connectivity index (χ4n) is 4.74. The van der Waals surface area contributed by atoms with Crippen molar-refractivity contribution < 1.29 is 19.1 Å². The Kier molecular flexibility index (Phi) is 8.73. The molecule has 2 aliphatic heterocycles. The van der Waals surface area contributed by atoms with Crippen molar-refractivity contribution in [3.63, 3.8) is 0 Å². The van der Waals surface area contributed by atoms with Gasteiger partial charge in [0.15, 0.2) is 5.78 Å². The van der Waals surface area contributed by atoms with Crippen LogP contribution in [0.4, 0.5) is 0 Å². The first-order valence-electron chi connectivity index (χ1n) is 12.5. The van der Waals surface area contributed by atoms with Gasteiger partial charge < -0.3 is 25.2 Å². The molecule has 2 heterocycles. The number of allylic oxidation sites excluding steroid dienone is 4. The minimum absolute atomic E-state index is 0.0880. The number of nitrogens with zero attached hydrogens (tertiary/aromatic N) is 2. The molecule has 1 aromatic carbocycles. The van der Waals surface area contributed by atoms with Crippen molar-refractivity contribution in [2.24, 2.45) is 0 Å². The number of benzene rings is 1. The van der Waals surface area contributed by atoms with Crippen molar-refractivity contribution in [3.05, 3.63) is 83.6 Å². The molecule has 2 amide bonds. The van der Waals surface area contributed by atoms with E-state index in [0.29, 0.717) is 25.4 Å². The third kappa shape index (κ3) is 6.95. The summed E-state index contributed by atoms with van der Waals surface area (Å²) in [7, 11) is 0. The molecule has 0 atom stereocenters. The number of hydrogen-bond acceptors (Lipinski definition) is 6. The predicted molar refractivity (Wildman–Crippen MR) is 138 cm³/mol. The van der Waals surface area contributed by atoms with Crippen LogP contribution in [0.1, 0.15) is 48.0 Å². The van der Waals surface area contributed by atoms with Gasteiger partial charge in [-0.2, -0.15) is 0 Å². The molecule has 4 rings (SSSR count). The quantitative estimate of drug-likeness (QED) is 0.518. The Morgan fingerprint density at radius 2 is 1.86 bits per heavy atom. The number of likely N-dealkylation sites (tertiary alicyclic amines) is 1. The molecule has 2 N–H and O–H groups in total.